The Balaban J connectivity index is 1.30. The van der Waals surface area contributed by atoms with Crippen LogP contribution in [0.15, 0.2) is 60.8 Å². The van der Waals surface area contributed by atoms with Crippen molar-refractivity contribution >= 4 is 40.2 Å². The van der Waals surface area contributed by atoms with Crippen LogP contribution in [0.2, 0.25) is 5.02 Å². The molecule has 4 rings (SSSR count). The first-order valence-electron chi connectivity index (χ1n) is 13.0. The number of carbonyl (C=O) groups is 2. The van der Waals surface area contributed by atoms with Gasteiger partial charge in [0, 0.05) is 68.0 Å². The summed E-state index contributed by atoms with van der Waals surface area (Å²) in [4.78, 5) is 34.5. The molecule has 9 heteroatoms. The minimum Gasteiger partial charge on any atom is -0.444 e. The Morgan fingerprint density at radius 1 is 1.05 bits per heavy atom. The highest BCUT2D eigenvalue weighted by Crippen LogP contribution is 2.24. The number of carbonyl (C=O) groups excluding carboxylic acids is 2. The van der Waals surface area contributed by atoms with E-state index in [9.17, 15) is 9.59 Å². The van der Waals surface area contributed by atoms with Gasteiger partial charge in [-0.15, -0.1) is 0 Å². The molecule has 2 heterocycles. The normalized spacial score (nSPS) is 15.2. The number of aromatic nitrogens is 1. The molecule has 0 radical (unpaired) electrons. The molecule has 1 aromatic heterocycles. The van der Waals surface area contributed by atoms with Crippen LogP contribution in [-0.4, -0.2) is 77.7 Å². The number of anilines is 1. The Morgan fingerprint density at radius 3 is 2.50 bits per heavy atom. The summed E-state index contributed by atoms with van der Waals surface area (Å²) in [6, 6.07) is 16.7. The molecule has 0 saturated carbocycles. The first-order chi connectivity index (χ1) is 18.2. The number of rotatable bonds is 8. The van der Waals surface area contributed by atoms with Crippen LogP contribution in [0.5, 0.6) is 0 Å². The van der Waals surface area contributed by atoms with Crippen molar-refractivity contribution in [1.29, 1.82) is 0 Å². The van der Waals surface area contributed by atoms with E-state index in [1.807, 2.05) is 59.5 Å². The first kappa shape index (κ1) is 27.7. The summed E-state index contributed by atoms with van der Waals surface area (Å²) in [5.41, 5.74) is 2.23. The van der Waals surface area contributed by atoms with Crippen molar-refractivity contribution in [2.75, 3.05) is 44.6 Å². The zero-order valence-electron chi connectivity index (χ0n) is 22.2. The summed E-state index contributed by atoms with van der Waals surface area (Å²) in [6.45, 7) is 9.79. The highest BCUT2D eigenvalue weighted by molar-refractivity contribution is 6.31. The number of nitrogens with one attached hydrogen (secondary N) is 2. The third-order valence-corrected chi connectivity index (χ3v) is 6.64. The lowest BCUT2D eigenvalue weighted by atomic mass is 10.0. The molecule has 1 fully saturated rings. The van der Waals surface area contributed by atoms with E-state index in [2.05, 4.69) is 20.5 Å². The molecule has 1 unspecified atom stereocenters. The highest BCUT2D eigenvalue weighted by Gasteiger charge is 2.30. The highest BCUT2D eigenvalue weighted by atomic mass is 35.5. The maximum Gasteiger partial charge on any atom is 0.408 e. The molecule has 0 aliphatic carbocycles. The number of amides is 2. The number of hydrogen-bond acceptors (Lipinski definition) is 6. The Morgan fingerprint density at radius 2 is 1.79 bits per heavy atom. The number of nitrogens with zero attached hydrogens (tertiary/aromatic N) is 3. The van der Waals surface area contributed by atoms with E-state index in [4.69, 9.17) is 16.3 Å². The molecule has 2 amide bonds. The van der Waals surface area contributed by atoms with Crippen LogP contribution in [0.1, 0.15) is 26.3 Å². The summed E-state index contributed by atoms with van der Waals surface area (Å²) >= 11 is 6.10. The number of halogens is 1. The number of pyridine rings is 1. The summed E-state index contributed by atoms with van der Waals surface area (Å²) in [5.74, 6) is -0.0839. The second-order valence-electron chi connectivity index (χ2n) is 10.5. The minimum atomic E-state index is -0.686. The van der Waals surface area contributed by atoms with Crippen LogP contribution < -0.4 is 10.6 Å². The number of benzene rings is 2. The Hall–Kier alpha value is -3.36. The van der Waals surface area contributed by atoms with Gasteiger partial charge >= 0.3 is 6.09 Å². The van der Waals surface area contributed by atoms with Crippen LogP contribution >= 0.6 is 11.6 Å². The lowest BCUT2D eigenvalue weighted by Gasteiger charge is -2.36. The fourth-order valence-corrected chi connectivity index (χ4v) is 4.70. The van der Waals surface area contributed by atoms with Gasteiger partial charge < -0.3 is 20.3 Å². The molecule has 202 valence electrons. The quantitative estimate of drug-likeness (QED) is 0.437. The maximum absolute atomic E-state index is 13.5. The minimum absolute atomic E-state index is 0.0839. The molecule has 1 saturated heterocycles. The molecule has 0 bridgehead atoms. The van der Waals surface area contributed by atoms with E-state index in [0.717, 1.165) is 48.3 Å². The van der Waals surface area contributed by atoms with Gasteiger partial charge in [-0.3, -0.25) is 14.7 Å². The number of hydrogen-bond donors (Lipinski definition) is 2. The Kier molecular flexibility index (Phi) is 9.07. The molecular weight excluding hydrogens is 502 g/mol. The Labute approximate surface area is 229 Å². The largest absolute Gasteiger partial charge is 0.444 e. The molecule has 8 nitrogen and oxygen atoms in total. The second kappa shape index (κ2) is 12.5. The average Bonchev–Trinajstić information content (AvgIpc) is 2.88. The smallest absolute Gasteiger partial charge is 0.408 e. The lowest BCUT2D eigenvalue weighted by Crippen LogP contribution is -2.56. The van der Waals surface area contributed by atoms with Crippen LogP contribution in [-0.2, 0) is 16.0 Å². The van der Waals surface area contributed by atoms with Gasteiger partial charge in [0.15, 0.2) is 0 Å². The van der Waals surface area contributed by atoms with E-state index in [-0.39, 0.29) is 5.91 Å². The van der Waals surface area contributed by atoms with Crippen molar-refractivity contribution in [2.45, 2.75) is 38.8 Å². The van der Waals surface area contributed by atoms with Crippen LogP contribution in [0.4, 0.5) is 10.5 Å². The van der Waals surface area contributed by atoms with E-state index in [1.165, 1.54) is 0 Å². The molecule has 1 atom stereocenters. The van der Waals surface area contributed by atoms with Crippen molar-refractivity contribution in [1.82, 2.24) is 20.1 Å². The van der Waals surface area contributed by atoms with E-state index in [0.29, 0.717) is 24.5 Å². The fraction of sp³-hybridized carbons (Fsp3) is 0.414. The third kappa shape index (κ3) is 7.82. The maximum atomic E-state index is 13.5. The van der Waals surface area contributed by atoms with Gasteiger partial charge in [0.25, 0.3) is 0 Å². The summed E-state index contributed by atoms with van der Waals surface area (Å²) in [7, 11) is 0. The van der Waals surface area contributed by atoms with E-state index >= 15 is 0 Å². The first-order valence-corrected chi connectivity index (χ1v) is 13.4. The SMILES string of the molecule is CC(C)(C)OC(=O)NC(Cc1ccccc1)C(=O)N1CCN(CCNc2ccnc3cc(Cl)ccc23)CC1. The molecule has 1 aliphatic rings. The monoisotopic (exact) mass is 537 g/mol. The van der Waals surface area contributed by atoms with Gasteiger partial charge in [-0.1, -0.05) is 41.9 Å². The van der Waals surface area contributed by atoms with E-state index in [1.54, 1.807) is 27.0 Å². The number of ether oxygens (including phenoxy) is 1. The van der Waals surface area contributed by atoms with Crippen molar-refractivity contribution in [3.63, 3.8) is 0 Å². The predicted octanol–water partition coefficient (Wildman–Crippen LogP) is 4.58. The van der Waals surface area contributed by atoms with Gasteiger partial charge in [-0.05, 0) is 50.6 Å². The molecule has 1 aliphatic heterocycles. The average molecular weight is 538 g/mol. The Bertz CT molecular complexity index is 1240. The molecular formula is C29H36ClN5O3. The molecule has 2 aromatic carbocycles. The molecule has 3 aromatic rings. The summed E-state index contributed by atoms with van der Waals surface area (Å²) in [6.07, 6.45) is 1.61. The van der Waals surface area contributed by atoms with Crippen molar-refractivity contribution in [2.24, 2.45) is 0 Å². The summed E-state index contributed by atoms with van der Waals surface area (Å²) < 4.78 is 5.43. The summed E-state index contributed by atoms with van der Waals surface area (Å²) in [5, 5.41) is 8.02. The third-order valence-electron chi connectivity index (χ3n) is 6.40. The van der Waals surface area contributed by atoms with Crippen LogP contribution in [0.3, 0.4) is 0 Å². The molecule has 2 N–H and O–H groups in total. The molecule has 0 spiro atoms. The molecule has 38 heavy (non-hydrogen) atoms. The number of piperazine rings is 1. The van der Waals surface area contributed by atoms with E-state index < -0.39 is 17.7 Å². The van der Waals surface area contributed by atoms with Crippen LogP contribution in [0.25, 0.3) is 10.9 Å². The standard InChI is InChI=1S/C29H36ClN5O3/c1-29(2,3)38-28(37)33-26(19-21-7-5-4-6-8-21)27(36)35-17-15-34(16-18-35)14-13-32-24-11-12-31-25-20-22(30)9-10-23(24)25/h4-12,20,26H,13-19H2,1-3H3,(H,31,32)(H,33,37). The second-order valence-corrected chi connectivity index (χ2v) is 10.9. The number of alkyl carbamates (subject to hydrolysis) is 1. The van der Waals surface area contributed by atoms with Crippen molar-refractivity contribution in [3.05, 3.63) is 71.4 Å². The number of fused-ring (bicyclic) bond motifs is 1. The zero-order chi connectivity index (χ0) is 27.1. The van der Waals surface area contributed by atoms with Gasteiger partial charge in [0.1, 0.15) is 11.6 Å². The van der Waals surface area contributed by atoms with Gasteiger partial charge in [0.2, 0.25) is 5.91 Å². The fourth-order valence-electron chi connectivity index (χ4n) is 4.54. The van der Waals surface area contributed by atoms with Gasteiger partial charge in [-0.2, -0.15) is 0 Å². The van der Waals surface area contributed by atoms with Crippen molar-refractivity contribution < 1.29 is 14.3 Å². The van der Waals surface area contributed by atoms with Gasteiger partial charge in [0.05, 0.1) is 5.52 Å². The zero-order valence-corrected chi connectivity index (χ0v) is 23.0. The van der Waals surface area contributed by atoms with Crippen LogP contribution in [0, 0.1) is 0 Å². The lowest BCUT2D eigenvalue weighted by molar-refractivity contribution is -0.135. The van der Waals surface area contributed by atoms with Crippen molar-refractivity contribution in [3.8, 4) is 0 Å². The van der Waals surface area contributed by atoms with Gasteiger partial charge in [-0.25, -0.2) is 4.79 Å². The predicted molar refractivity (Wildman–Crippen MR) is 152 cm³/mol. The topological polar surface area (TPSA) is 86.8 Å².